The van der Waals surface area contributed by atoms with Crippen molar-refractivity contribution in [2.75, 3.05) is 20.2 Å². The monoisotopic (exact) mass is 317 g/mol. The summed E-state index contributed by atoms with van der Waals surface area (Å²) in [5, 5.41) is 0. The van der Waals surface area contributed by atoms with Crippen molar-refractivity contribution < 1.29 is 22.7 Å². The van der Waals surface area contributed by atoms with Gasteiger partial charge in [0, 0.05) is 32.1 Å². The van der Waals surface area contributed by atoms with Crippen LogP contribution in [0, 0.1) is 5.92 Å². The van der Waals surface area contributed by atoms with Crippen LogP contribution in [-0.2, 0) is 28.7 Å². The first-order valence-electron chi connectivity index (χ1n) is 7.34. The van der Waals surface area contributed by atoms with Crippen molar-refractivity contribution in [1.82, 2.24) is 14.5 Å². The standard InChI is InChI=1S/C14H18F3N3O2/c1-19(10-4-5-22-13(10)21)6-9-2-3-12-18-11(14(15,16)17)8-20(12)7-9/h8-10H,2-7H2,1H3/t9-,10+/m1/s1. The van der Waals surface area contributed by atoms with Crippen LogP contribution in [0.2, 0.25) is 0 Å². The Morgan fingerprint density at radius 1 is 1.45 bits per heavy atom. The molecule has 0 aliphatic carbocycles. The Hall–Kier alpha value is -1.57. The summed E-state index contributed by atoms with van der Waals surface area (Å²) in [4.78, 5) is 17.2. The summed E-state index contributed by atoms with van der Waals surface area (Å²) in [5.41, 5.74) is -0.823. The maximum atomic E-state index is 12.7. The maximum absolute atomic E-state index is 12.7. The number of hydrogen-bond acceptors (Lipinski definition) is 4. The van der Waals surface area contributed by atoms with E-state index in [1.54, 1.807) is 4.57 Å². The van der Waals surface area contributed by atoms with Crippen LogP contribution >= 0.6 is 0 Å². The number of cyclic esters (lactones) is 1. The predicted octanol–water partition coefficient (Wildman–Crippen LogP) is 1.71. The highest BCUT2D eigenvalue weighted by atomic mass is 19.4. The van der Waals surface area contributed by atoms with Gasteiger partial charge in [0.05, 0.1) is 6.61 Å². The molecule has 22 heavy (non-hydrogen) atoms. The van der Waals surface area contributed by atoms with Crippen LogP contribution in [0.25, 0.3) is 0 Å². The molecule has 5 nitrogen and oxygen atoms in total. The van der Waals surface area contributed by atoms with Gasteiger partial charge in [-0.05, 0) is 19.4 Å². The van der Waals surface area contributed by atoms with E-state index in [1.807, 2.05) is 11.9 Å². The first kappa shape index (κ1) is 15.3. The summed E-state index contributed by atoms with van der Waals surface area (Å²) >= 11 is 0. The number of nitrogens with zero attached hydrogens (tertiary/aromatic N) is 3. The van der Waals surface area contributed by atoms with E-state index in [-0.39, 0.29) is 17.9 Å². The zero-order valence-corrected chi connectivity index (χ0v) is 12.3. The van der Waals surface area contributed by atoms with Crippen LogP contribution in [0.3, 0.4) is 0 Å². The van der Waals surface area contributed by atoms with Crippen molar-refractivity contribution in [2.24, 2.45) is 5.92 Å². The zero-order valence-electron chi connectivity index (χ0n) is 12.3. The zero-order chi connectivity index (χ0) is 15.9. The quantitative estimate of drug-likeness (QED) is 0.796. The second-order valence-corrected chi connectivity index (χ2v) is 6.01. The Morgan fingerprint density at radius 3 is 2.86 bits per heavy atom. The van der Waals surface area contributed by atoms with Gasteiger partial charge in [0.25, 0.3) is 0 Å². The van der Waals surface area contributed by atoms with Gasteiger partial charge in [-0.3, -0.25) is 9.69 Å². The van der Waals surface area contributed by atoms with Crippen LogP contribution in [0.15, 0.2) is 6.20 Å². The van der Waals surface area contributed by atoms with Crippen LogP contribution in [0.5, 0.6) is 0 Å². The van der Waals surface area contributed by atoms with Crippen molar-refractivity contribution >= 4 is 5.97 Å². The number of aryl methyl sites for hydroxylation is 1. The van der Waals surface area contributed by atoms with Crippen LogP contribution < -0.4 is 0 Å². The molecule has 3 heterocycles. The highest BCUT2D eigenvalue weighted by Gasteiger charge is 2.36. The molecule has 2 atom stereocenters. The second kappa shape index (κ2) is 5.57. The Kier molecular flexibility index (Phi) is 3.88. The van der Waals surface area contributed by atoms with E-state index in [0.717, 1.165) is 12.6 Å². The number of rotatable bonds is 3. The number of aromatic nitrogens is 2. The average molecular weight is 317 g/mol. The summed E-state index contributed by atoms with van der Waals surface area (Å²) in [7, 11) is 1.86. The third-order valence-electron chi connectivity index (χ3n) is 4.37. The largest absolute Gasteiger partial charge is 0.464 e. The number of imidazole rings is 1. The van der Waals surface area contributed by atoms with Crippen molar-refractivity contribution in [2.45, 2.75) is 38.0 Å². The molecule has 0 unspecified atom stereocenters. The lowest BCUT2D eigenvalue weighted by molar-refractivity contribution is -0.142. The number of likely N-dealkylation sites (N-methyl/N-ethyl adjacent to an activating group) is 1. The van der Waals surface area contributed by atoms with E-state index in [1.165, 1.54) is 0 Å². The molecule has 0 bridgehead atoms. The number of alkyl halides is 3. The summed E-state index contributed by atoms with van der Waals surface area (Å²) in [5.74, 6) is 0.494. The molecule has 3 rings (SSSR count). The SMILES string of the molecule is CN(C[C@H]1CCc2nc(C(F)(F)F)cn2C1)[C@H]1CCOC1=O. The third kappa shape index (κ3) is 2.97. The summed E-state index contributed by atoms with van der Waals surface area (Å²) < 4.78 is 44.6. The van der Waals surface area contributed by atoms with Crippen LogP contribution in [0.4, 0.5) is 13.2 Å². The molecule has 0 radical (unpaired) electrons. The summed E-state index contributed by atoms with van der Waals surface area (Å²) in [6.07, 6.45) is -1.32. The Morgan fingerprint density at radius 2 is 2.23 bits per heavy atom. The molecule has 1 fully saturated rings. The molecule has 122 valence electrons. The van der Waals surface area contributed by atoms with Gasteiger partial charge >= 0.3 is 12.1 Å². The molecule has 2 aliphatic rings. The van der Waals surface area contributed by atoms with Gasteiger partial charge in [0.1, 0.15) is 11.9 Å². The van der Waals surface area contributed by atoms with Crippen LogP contribution in [0.1, 0.15) is 24.4 Å². The predicted molar refractivity (Wildman–Crippen MR) is 71.0 cm³/mol. The van der Waals surface area contributed by atoms with Gasteiger partial charge in [-0.25, -0.2) is 4.98 Å². The Labute approximate surface area is 126 Å². The molecule has 0 aromatic carbocycles. The number of halogens is 3. The van der Waals surface area contributed by atoms with Crippen molar-refractivity contribution in [1.29, 1.82) is 0 Å². The number of carbonyl (C=O) groups is 1. The minimum Gasteiger partial charge on any atom is -0.464 e. The summed E-state index contributed by atoms with van der Waals surface area (Å²) in [6, 6.07) is -0.227. The number of fused-ring (bicyclic) bond motifs is 1. The highest BCUT2D eigenvalue weighted by molar-refractivity contribution is 5.77. The van der Waals surface area contributed by atoms with Crippen molar-refractivity contribution in [3.8, 4) is 0 Å². The molecule has 2 aliphatic heterocycles. The van der Waals surface area contributed by atoms with Gasteiger partial charge < -0.3 is 9.30 Å². The topological polar surface area (TPSA) is 47.4 Å². The van der Waals surface area contributed by atoms with E-state index in [2.05, 4.69) is 4.98 Å². The lowest BCUT2D eigenvalue weighted by Gasteiger charge is -2.29. The molecule has 1 aromatic rings. The van der Waals surface area contributed by atoms with Crippen molar-refractivity contribution in [3.63, 3.8) is 0 Å². The molecule has 1 saturated heterocycles. The lowest BCUT2D eigenvalue weighted by atomic mass is 9.98. The first-order chi connectivity index (χ1) is 10.3. The highest BCUT2D eigenvalue weighted by Crippen LogP contribution is 2.31. The van der Waals surface area contributed by atoms with Crippen molar-refractivity contribution in [3.05, 3.63) is 17.7 Å². The van der Waals surface area contributed by atoms with E-state index in [0.29, 0.717) is 38.4 Å². The number of hydrogen-bond donors (Lipinski definition) is 0. The van der Waals surface area contributed by atoms with E-state index < -0.39 is 11.9 Å². The van der Waals surface area contributed by atoms with Crippen LogP contribution in [-0.4, -0.2) is 46.7 Å². The maximum Gasteiger partial charge on any atom is 0.434 e. The van der Waals surface area contributed by atoms with Gasteiger partial charge in [-0.2, -0.15) is 13.2 Å². The minimum atomic E-state index is -4.40. The smallest absolute Gasteiger partial charge is 0.434 e. The number of carbonyl (C=O) groups excluding carboxylic acids is 1. The van der Waals surface area contributed by atoms with Gasteiger partial charge in [0.2, 0.25) is 0 Å². The third-order valence-corrected chi connectivity index (χ3v) is 4.37. The van der Waals surface area contributed by atoms with E-state index >= 15 is 0 Å². The Bertz CT molecular complexity index is 570. The lowest BCUT2D eigenvalue weighted by Crippen LogP contribution is -2.40. The molecule has 0 spiro atoms. The fourth-order valence-electron chi connectivity index (χ4n) is 3.22. The number of esters is 1. The molecule has 0 amide bonds. The van der Waals surface area contributed by atoms with Gasteiger partial charge in [-0.15, -0.1) is 0 Å². The summed E-state index contributed by atoms with van der Waals surface area (Å²) in [6.45, 7) is 1.61. The fourth-order valence-corrected chi connectivity index (χ4v) is 3.22. The number of ether oxygens (including phenoxy) is 1. The minimum absolute atomic E-state index is 0.207. The molecule has 1 aromatic heterocycles. The molecule has 8 heteroatoms. The van der Waals surface area contributed by atoms with E-state index in [4.69, 9.17) is 4.74 Å². The Balaban J connectivity index is 1.64. The fraction of sp³-hybridized carbons (Fsp3) is 0.714. The molecule has 0 saturated carbocycles. The second-order valence-electron chi connectivity index (χ2n) is 6.01. The van der Waals surface area contributed by atoms with Gasteiger partial charge in [-0.1, -0.05) is 0 Å². The first-order valence-corrected chi connectivity index (χ1v) is 7.34. The molecular weight excluding hydrogens is 299 g/mol. The average Bonchev–Trinajstić information content (AvgIpc) is 3.03. The molecular formula is C14H18F3N3O2. The van der Waals surface area contributed by atoms with E-state index in [9.17, 15) is 18.0 Å². The van der Waals surface area contributed by atoms with Gasteiger partial charge in [0.15, 0.2) is 5.69 Å². The normalized spacial score (nSPS) is 25.4. The molecule has 0 N–H and O–H groups in total.